The number of anilines is 1. The summed E-state index contributed by atoms with van der Waals surface area (Å²) in [7, 11) is 0. The van der Waals surface area contributed by atoms with E-state index in [-0.39, 0.29) is 12.5 Å². The Morgan fingerprint density at radius 2 is 2.21 bits per heavy atom. The van der Waals surface area contributed by atoms with Crippen molar-refractivity contribution >= 4 is 11.6 Å². The lowest BCUT2D eigenvalue weighted by molar-refractivity contribution is -0.116. The van der Waals surface area contributed by atoms with Crippen molar-refractivity contribution in [2.45, 2.75) is 20.0 Å². The first-order valence-corrected chi connectivity index (χ1v) is 6.20. The normalized spacial score (nSPS) is 10.4. The molecule has 1 aromatic carbocycles. The first-order chi connectivity index (χ1) is 9.29. The van der Waals surface area contributed by atoms with Crippen molar-refractivity contribution in [2.75, 3.05) is 11.9 Å². The first-order valence-electron chi connectivity index (χ1n) is 6.20. The molecule has 0 unspecified atom stereocenters. The second-order valence-electron chi connectivity index (χ2n) is 4.08. The zero-order chi connectivity index (χ0) is 13.5. The van der Waals surface area contributed by atoms with Crippen LogP contribution in [0.15, 0.2) is 36.9 Å². The van der Waals surface area contributed by atoms with E-state index >= 15 is 0 Å². The van der Waals surface area contributed by atoms with E-state index in [2.05, 4.69) is 20.7 Å². The summed E-state index contributed by atoms with van der Waals surface area (Å²) < 4.78 is 1.49. The molecule has 2 rings (SSSR count). The van der Waals surface area contributed by atoms with E-state index in [0.29, 0.717) is 0 Å². The molecular weight excluding hydrogens is 242 g/mol. The molecule has 2 aromatic rings. The minimum Gasteiger partial charge on any atom is -0.324 e. The molecule has 6 nitrogen and oxygen atoms in total. The van der Waals surface area contributed by atoms with Crippen molar-refractivity contribution in [2.24, 2.45) is 0 Å². The summed E-state index contributed by atoms with van der Waals surface area (Å²) in [5, 5.41) is 10.0. The zero-order valence-corrected chi connectivity index (χ0v) is 10.8. The molecule has 0 bridgehead atoms. The zero-order valence-electron chi connectivity index (χ0n) is 10.8. The average Bonchev–Trinajstić information content (AvgIpc) is 2.90. The Morgan fingerprint density at radius 3 is 2.95 bits per heavy atom. The Morgan fingerprint density at radius 1 is 1.37 bits per heavy atom. The molecule has 0 saturated heterocycles. The summed E-state index contributed by atoms with van der Waals surface area (Å²) in [6.45, 7) is 3.83. The van der Waals surface area contributed by atoms with Gasteiger partial charge in [0, 0.05) is 12.2 Å². The molecule has 6 heteroatoms. The average molecular weight is 259 g/mol. The highest BCUT2D eigenvalue weighted by atomic mass is 16.2. The van der Waals surface area contributed by atoms with Gasteiger partial charge in [0.2, 0.25) is 5.91 Å². The fourth-order valence-electron chi connectivity index (χ4n) is 1.71. The van der Waals surface area contributed by atoms with E-state index < -0.39 is 0 Å². The predicted molar refractivity (Wildman–Crippen MR) is 72.5 cm³/mol. The lowest BCUT2D eigenvalue weighted by Gasteiger charge is -2.11. The second kappa shape index (κ2) is 6.65. The van der Waals surface area contributed by atoms with E-state index in [1.54, 1.807) is 0 Å². The van der Waals surface area contributed by atoms with Gasteiger partial charge in [0.1, 0.15) is 19.2 Å². The summed E-state index contributed by atoms with van der Waals surface area (Å²) in [5.74, 6) is -0.116. The molecule has 0 saturated carbocycles. The van der Waals surface area contributed by atoms with Crippen LogP contribution < -0.4 is 10.6 Å². The summed E-state index contributed by atoms with van der Waals surface area (Å²) in [6, 6.07) is 7.75. The van der Waals surface area contributed by atoms with Gasteiger partial charge in [-0.1, -0.05) is 25.1 Å². The van der Waals surface area contributed by atoms with Gasteiger partial charge in [-0.25, -0.2) is 9.67 Å². The second-order valence-corrected chi connectivity index (χ2v) is 4.08. The summed E-state index contributed by atoms with van der Waals surface area (Å²) in [6.07, 6.45) is 2.93. The number of hydrogen-bond acceptors (Lipinski definition) is 4. The van der Waals surface area contributed by atoms with Gasteiger partial charge in [-0.2, -0.15) is 5.10 Å². The van der Waals surface area contributed by atoms with Gasteiger partial charge in [0.05, 0.1) is 0 Å². The summed E-state index contributed by atoms with van der Waals surface area (Å²) in [5.41, 5.74) is 1.89. The number of nitrogens with zero attached hydrogens (tertiary/aromatic N) is 3. The van der Waals surface area contributed by atoms with Gasteiger partial charge in [-0.15, -0.1) is 0 Å². The molecule has 0 aliphatic carbocycles. The number of carbonyl (C=O) groups excluding carboxylic acids is 1. The van der Waals surface area contributed by atoms with Crippen molar-refractivity contribution in [3.63, 3.8) is 0 Å². The van der Waals surface area contributed by atoms with Gasteiger partial charge >= 0.3 is 0 Å². The van der Waals surface area contributed by atoms with Crippen LogP contribution in [0.3, 0.4) is 0 Å². The van der Waals surface area contributed by atoms with Gasteiger partial charge in [-0.3, -0.25) is 4.79 Å². The van der Waals surface area contributed by atoms with Crippen LogP contribution in [-0.4, -0.2) is 27.2 Å². The number of para-hydroxylation sites is 1. The maximum Gasteiger partial charge on any atom is 0.246 e. The number of benzene rings is 1. The van der Waals surface area contributed by atoms with Crippen molar-refractivity contribution in [3.8, 4) is 0 Å². The summed E-state index contributed by atoms with van der Waals surface area (Å²) in [4.78, 5) is 15.7. The maximum atomic E-state index is 11.9. The van der Waals surface area contributed by atoms with Crippen LogP contribution in [-0.2, 0) is 17.9 Å². The van der Waals surface area contributed by atoms with E-state index in [1.807, 2.05) is 31.2 Å². The maximum absolute atomic E-state index is 11.9. The fraction of sp³-hybridized carbons (Fsp3) is 0.308. The van der Waals surface area contributed by atoms with E-state index in [4.69, 9.17) is 0 Å². The molecule has 0 spiro atoms. The number of rotatable bonds is 6. The molecule has 0 atom stereocenters. The highest BCUT2D eigenvalue weighted by molar-refractivity contribution is 5.91. The molecule has 0 aliphatic heterocycles. The van der Waals surface area contributed by atoms with E-state index in [1.165, 1.54) is 17.3 Å². The number of aromatic nitrogens is 3. The largest absolute Gasteiger partial charge is 0.324 e. The van der Waals surface area contributed by atoms with Crippen LogP contribution in [0.5, 0.6) is 0 Å². The molecule has 0 radical (unpaired) electrons. The standard InChI is InChI=1S/C13H17N5O/c1-2-14-7-11-5-3-4-6-12(11)17-13(19)8-18-10-15-9-16-18/h3-6,9-10,14H,2,7-8H2,1H3,(H,17,19). The molecule has 19 heavy (non-hydrogen) atoms. The minimum atomic E-state index is -0.116. The summed E-state index contributed by atoms with van der Waals surface area (Å²) >= 11 is 0. The quantitative estimate of drug-likeness (QED) is 0.812. The Bertz CT molecular complexity index is 524. The number of carbonyl (C=O) groups is 1. The predicted octanol–water partition coefficient (Wildman–Crippen LogP) is 1.03. The highest BCUT2D eigenvalue weighted by Crippen LogP contribution is 2.14. The van der Waals surface area contributed by atoms with Crippen molar-refractivity contribution in [3.05, 3.63) is 42.5 Å². The van der Waals surface area contributed by atoms with Crippen LogP contribution in [0.1, 0.15) is 12.5 Å². The molecule has 0 fully saturated rings. The monoisotopic (exact) mass is 259 g/mol. The Kier molecular flexibility index (Phi) is 4.63. The third-order valence-electron chi connectivity index (χ3n) is 2.63. The number of nitrogens with one attached hydrogen (secondary N) is 2. The van der Waals surface area contributed by atoms with Crippen LogP contribution >= 0.6 is 0 Å². The smallest absolute Gasteiger partial charge is 0.246 e. The molecule has 1 heterocycles. The van der Waals surface area contributed by atoms with Crippen LogP contribution in [0.25, 0.3) is 0 Å². The molecular formula is C13H17N5O. The van der Waals surface area contributed by atoms with Gasteiger partial charge in [-0.05, 0) is 18.2 Å². The number of hydrogen-bond donors (Lipinski definition) is 2. The van der Waals surface area contributed by atoms with E-state index in [9.17, 15) is 4.79 Å². The van der Waals surface area contributed by atoms with Gasteiger partial charge < -0.3 is 10.6 Å². The van der Waals surface area contributed by atoms with Gasteiger partial charge in [0.25, 0.3) is 0 Å². The fourth-order valence-corrected chi connectivity index (χ4v) is 1.71. The molecule has 100 valence electrons. The van der Waals surface area contributed by atoms with Crippen molar-refractivity contribution < 1.29 is 4.79 Å². The van der Waals surface area contributed by atoms with Crippen LogP contribution in [0.2, 0.25) is 0 Å². The van der Waals surface area contributed by atoms with Gasteiger partial charge in [0.15, 0.2) is 0 Å². The lowest BCUT2D eigenvalue weighted by Crippen LogP contribution is -2.21. The SMILES string of the molecule is CCNCc1ccccc1NC(=O)Cn1cncn1. The highest BCUT2D eigenvalue weighted by Gasteiger charge is 2.07. The van der Waals surface area contributed by atoms with Crippen LogP contribution in [0, 0.1) is 0 Å². The van der Waals surface area contributed by atoms with E-state index in [0.717, 1.165) is 24.3 Å². The Hall–Kier alpha value is -2.21. The molecule has 0 aliphatic rings. The van der Waals surface area contributed by atoms with Crippen molar-refractivity contribution in [1.82, 2.24) is 20.1 Å². The molecule has 1 amide bonds. The Labute approximate surface area is 111 Å². The first kappa shape index (κ1) is 13.2. The minimum absolute atomic E-state index is 0.116. The van der Waals surface area contributed by atoms with Crippen LogP contribution in [0.4, 0.5) is 5.69 Å². The third-order valence-corrected chi connectivity index (χ3v) is 2.63. The lowest BCUT2D eigenvalue weighted by atomic mass is 10.1. The topological polar surface area (TPSA) is 71.8 Å². The number of amides is 1. The molecule has 2 N–H and O–H groups in total. The molecule has 1 aromatic heterocycles. The third kappa shape index (κ3) is 3.89. The van der Waals surface area contributed by atoms with Crippen molar-refractivity contribution in [1.29, 1.82) is 0 Å². The Balaban J connectivity index is 1.99.